The molecule has 1 aliphatic carbocycles. The molecule has 0 spiro atoms. The smallest absolute Gasteiger partial charge is 0.320 e. The minimum absolute atomic E-state index is 0.0929. The average molecular weight is 349 g/mol. The molecule has 0 aromatic carbocycles. The van der Waals surface area contributed by atoms with Crippen molar-refractivity contribution in [2.24, 2.45) is 0 Å². The fourth-order valence-electron chi connectivity index (χ4n) is 3.62. The van der Waals surface area contributed by atoms with Crippen LogP contribution < -0.4 is 4.74 Å². The van der Waals surface area contributed by atoms with Crippen molar-refractivity contribution in [1.82, 2.24) is 24.7 Å². The minimum atomic E-state index is -0.491. The average Bonchev–Trinajstić information content (AvgIpc) is 2.76. The number of carbonyl (C=O) groups is 1. The first-order valence-corrected chi connectivity index (χ1v) is 9.11. The number of carbonyl (C=O) groups excluding carboxylic acids is 1. The summed E-state index contributed by atoms with van der Waals surface area (Å²) in [5, 5.41) is 0. The maximum atomic E-state index is 12.8. The van der Waals surface area contributed by atoms with Gasteiger partial charge in [0.15, 0.2) is 5.82 Å². The molecular weight excluding hydrogens is 325 g/mol. The Hall–Kier alpha value is -1.96. The van der Waals surface area contributed by atoms with Gasteiger partial charge in [-0.25, -0.2) is 19.2 Å². The highest BCUT2D eigenvalue weighted by molar-refractivity contribution is 5.75. The van der Waals surface area contributed by atoms with Crippen molar-refractivity contribution in [2.45, 2.75) is 37.8 Å². The Balaban J connectivity index is 1.23. The highest BCUT2D eigenvalue weighted by Crippen LogP contribution is 2.26. The molecule has 8 heteroatoms. The number of nitrogens with zero attached hydrogens (tertiary/aromatic N) is 5. The van der Waals surface area contributed by atoms with Crippen LogP contribution in [0.25, 0.3) is 0 Å². The van der Waals surface area contributed by atoms with Crippen molar-refractivity contribution in [3.05, 3.63) is 18.2 Å². The number of ether oxygens (including phenoxy) is 1. The zero-order chi connectivity index (χ0) is 17.2. The molecule has 2 saturated heterocycles. The Labute approximate surface area is 146 Å². The highest BCUT2D eigenvalue weighted by Gasteiger charge is 2.36. The van der Waals surface area contributed by atoms with Crippen molar-refractivity contribution in [3.8, 4) is 6.01 Å². The van der Waals surface area contributed by atoms with E-state index in [0.29, 0.717) is 13.1 Å². The van der Waals surface area contributed by atoms with Crippen LogP contribution in [0, 0.1) is 5.82 Å². The van der Waals surface area contributed by atoms with E-state index in [9.17, 15) is 9.18 Å². The number of rotatable bonds is 3. The van der Waals surface area contributed by atoms with E-state index in [2.05, 4.69) is 14.9 Å². The lowest BCUT2D eigenvalue weighted by Crippen LogP contribution is -2.60. The SMILES string of the molecule is O=C(N1CCCN(C2CCC2)CC1)N1CC(Oc2ncc(F)cn2)C1. The monoisotopic (exact) mass is 349 g/mol. The second kappa shape index (κ2) is 7.11. The number of halogens is 1. The molecule has 0 bridgehead atoms. The van der Waals surface area contributed by atoms with E-state index in [1.165, 1.54) is 19.3 Å². The lowest BCUT2D eigenvalue weighted by molar-refractivity contribution is 0.0253. The number of hydrogen-bond acceptors (Lipinski definition) is 5. The van der Waals surface area contributed by atoms with E-state index in [-0.39, 0.29) is 18.1 Å². The number of urea groups is 1. The fourth-order valence-corrected chi connectivity index (χ4v) is 3.62. The first kappa shape index (κ1) is 16.5. The summed E-state index contributed by atoms with van der Waals surface area (Å²) in [6, 6.07) is 0.993. The van der Waals surface area contributed by atoms with E-state index in [1.807, 2.05) is 4.90 Å². The van der Waals surface area contributed by atoms with Crippen molar-refractivity contribution in [1.29, 1.82) is 0 Å². The molecular formula is C17H24FN5O2. The molecule has 2 aliphatic heterocycles. The van der Waals surface area contributed by atoms with Crippen molar-refractivity contribution in [3.63, 3.8) is 0 Å². The van der Waals surface area contributed by atoms with Gasteiger partial charge in [0.25, 0.3) is 0 Å². The normalized spacial score (nSPS) is 22.9. The lowest BCUT2D eigenvalue weighted by Gasteiger charge is -2.41. The van der Waals surface area contributed by atoms with Crippen LogP contribution >= 0.6 is 0 Å². The van der Waals surface area contributed by atoms with Gasteiger partial charge in [-0.1, -0.05) is 6.42 Å². The third kappa shape index (κ3) is 3.68. The number of aromatic nitrogens is 2. The zero-order valence-corrected chi connectivity index (χ0v) is 14.3. The molecule has 1 aromatic rings. The number of likely N-dealkylation sites (tertiary alicyclic amines) is 1. The maximum Gasteiger partial charge on any atom is 0.320 e. The largest absolute Gasteiger partial charge is 0.456 e. The van der Waals surface area contributed by atoms with Gasteiger partial charge in [-0.15, -0.1) is 0 Å². The Morgan fingerprint density at radius 2 is 1.80 bits per heavy atom. The third-order valence-corrected chi connectivity index (χ3v) is 5.38. The van der Waals surface area contributed by atoms with E-state index in [1.54, 1.807) is 4.90 Å². The van der Waals surface area contributed by atoms with E-state index in [0.717, 1.165) is 51.0 Å². The fraction of sp³-hybridized carbons (Fsp3) is 0.706. The third-order valence-electron chi connectivity index (χ3n) is 5.38. The molecule has 4 rings (SSSR count). The molecule has 3 heterocycles. The van der Waals surface area contributed by atoms with Crippen molar-refractivity contribution < 1.29 is 13.9 Å². The summed E-state index contributed by atoms with van der Waals surface area (Å²) in [7, 11) is 0. The van der Waals surface area contributed by atoms with Crippen LogP contribution in [-0.4, -0.2) is 82.1 Å². The molecule has 3 fully saturated rings. The van der Waals surface area contributed by atoms with E-state index in [4.69, 9.17) is 4.74 Å². The molecule has 1 saturated carbocycles. The number of hydrogen-bond donors (Lipinski definition) is 0. The van der Waals surface area contributed by atoms with Gasteiger partial charge in [-0.2, -0.15) is 0 Å². The predicted octanol–water partition coefficient (Wildman–Crippen LogP) is 1.36. The summed E-state index contributed by atoms with van der Waals surface area (Å²) in [6.45, 7) is 4.77. The van der Waals surface area contributed by atoms with Crippen molar-refractivity contribution in [2.75, 3.05) is 39.3 Å². The molecule has 0 N–H and O–H groups in total. The molecule has 2 amide bonds. The molecule has 0 radical (unpaired) electrons. The Bertz CT molecular complexity index is 604. The van der Waals surface area contributed by atoms with Crippen LogP contribution in [0.3, 0.4) is 0 Å². The Kier molecular flexibility index (Phi) is 4.70. The molecule has 3 aliphatic rings. The minimum Gasteiger partial charge on any atom is -0.456 e. The van der Waals surface area contributed by atoms with Gasteiger partial charge in [-0.05, 0) is 19.3 Å². The molecule has 0 unspecified atom stereocenters. The summed E-state index contributed by atoms with van der Waals surface area (Å²) in [6.07, 6.45) is 7.04. The lowest BCUT2D eigenvalue weighted by atomic mass is 9.91. The van der Waals surface area contributed by atoms with Crippen LogP contribution in [0.5, 0.6) is 6.01 Å². The Morgan fingerprint density at radius 3 is 2.48 bits per heavy atom. The van der Waals surface area contributed by atoms with Crippen LogP contribution in [0.1, 0.15) is 25.7 Å². The summed E-state index contributed by atoms with van der Waals surface area (Å²) in [4.78, 5) is 26.5. The summed E-state index contributed by atoms with van der Waals surface area (Å²) >= 11 is 0. The predicted molar refractivity (Wildman–Crippen MR) is 88.8 cm³/mol. The first-order chi connectivity index (χ1) is 12.2. The summed E-state index contributed by atoms with van der Waals surface area (Å²) in [5.74, 6) is -0.491. The molecule has 25 heavy (non-hydrogen) atoms. The zero-order valence-electron chi connectivity index (χ0n) is 14.3. The van der Waals surface area contributed by atoms with Crippen LogP contribution in [0.15, 0.2) is 12.4 Å². The van der Waals surface area contributed by atoms with Gasteiger partial charge in [0.1, 0.15) is 6.10 Å². The second-order valence-electron chi connectivity index (χ2n) is 7.07. The van der Waals surface area contributed by atoms with Gasteiger partial charge >= 0.3 is 12.0 Å². The van der Waals surface area contributed by atoms with Gasteiger partial charge in [0.05, 0.1) is 25.5 Å². The van der Waals surface area contributed by atoms with Gasteiger partial charge in [-0.3, -0.25) is 4.90 Å². The van der Waals surface area contributed by atoms with Crippen LogP contribution in [0.4, 0.5) is 9.18 Å². The van der Waals surface area contributed by atoms with Gasteiger partial charge < -0.3 is 14.5 Å². The van der Waals surface area contributed by atoms with Gasteiger partial charge in [0, 0.05) is 32.2 Å². The highest BCUT2D eigenvalue weighted by atomic mass is 19.1. The summed E-state index contributed by atoms with van der Waals surface area (Å²) in [5.41, 5.74) is 0. The maximum absolute atomic E-state index is 12.8. The number of amides is 2. The molecule has 1 aromatic heterocycles. The Morgan fingerprint density at radius 1 is 1.04 bits per heavy atom. The van der Waals surface area contributed by atoms with Crippen LogP contribution in [-0.2, 0) is 0 Å². The molecule has 136 valence electrons. The standard InChI is InChI=1S/C17H24FN5O2/c18-13-9-19-16(20-10-13)25-15-11-23(12-15)17(24)22-6-2-5-21(7-8-22)14-3-1-4-14/h9-10,14-15H,1-8,11-12H2. The quantitative estimate of drug-likeness (QED) is 0.825. The molecule has 0 atom stereocenters. The topological polar surface area (TPSA) is 61.8 Å². The first-order valence-electron chi connectivity index (χ1n) is 9.11. The molecule has 7 nitrogen and oxygen atoms in total. The summed E-state index contributed by atoms with van der Waals surface area (Å²) < 4.78 is 18.3. The van der Waals surface area contributed by atoms with Gasteiger partial charge in [0.2, 0.25) is 0 Å². The van der Waals surface area contributed by atoms with Crippen LogP contribution in [0.2, 0.25) is 0 Å². The van der Waals surface area contributed by atoms with E-state index >= 15 is 0 Å². The van der Waals surface area contributed by atoms with Crippen molar-refractivity contribution >= 4 is 6.03 Å². The second-order valence-corrected chi connectivity index (χ2v) is 7.07. The van der Waals surface area contributed by atoms with E-state index < -0.39 is 5.82 Å².